The number of sulfonamides is 1. The van der Waals surface area contributed by atoms with Crippen LogP contribution in [-0.4, -0.2) is 38.1 Å². The number of nitrogens with one attached hydrogen (secondary N) is 1. The third-order valence-corrected chi connectivity index (χ3v) is 8.31. The Labute approximate surface area is 239 Å². The van der Waals surface area contributed by atoms with Gasteiger partial charge in [0.05, 0.1) is 17.2 Å². The Morgan fingerprint density at radius 1 is 0.900 bits per heavy atom. The molecule has 0 spiro atoms. The van der Waals surface area contributed by atoms with Crippen molar-refractivity contribution in [3.05, 3.63) is 124 Å². The molecule has 0 fully saturated rings. The zero-order valence-electron chi connectivity index (χ0n) is 22.3. The molecule has 4 aromatic carbocycles. The maximum Gasteiger partial charge on any atom is 0.255 e. The van der Waals surface area contributed by atoms with Gasteiger partial charge in [-0.25, -0.2) is 8.42 Å². The molecule has 4 rings (SSSR count). The predicted octanol–water partition coefficient (Wildman–Crippen LogP) is 6.35. The number of anilines is 1. The molecule has 1 amide bonds. The third kappa shape index (κ3) is 6.59. The summed E-state index contributed by atoms with van der Waals surface area (Å²) in [5, 5.41) is 3.17. The van der Waals surface area contributed by atoms with Crippen LogP contribution in [0.1, 0.15) is 44.3 Å². The highest BCUT2D eigenvalue weighted by Gasteiger charge is 2.23. The van der Waals surface area contributed by atoms with Gasteiger partial charge in [-0.1, -0.05) is 59.6 Å². The summed E-state index contributed by atoms with van der Waals surface area (Å²) in [7, 11) is -2.31. The number of hydrogen-bond acceptors (Lipinski definition) is 5. The van der Waals surface area contributed by atoms with Crippen molar-refractivity contribution < 1.29 is 22.7 Å². The van der Waals surface area contributed by atoms with E-state index in [2.05, 4.69) is 5.32 Å². The van der Waals surface area contributed by atoms with E-state index in [-0.39, 0.29) is 28.4 Å². The first-order valence-corrected chi connectivity index (χ1v) is 14.4. The molecule has 0 heterocycles. The number of ketones is 1. The number of carbonyl (C=O) groups is 2. The fourth-order valence-corrected chi connectivity index (χ4v) is 5.43. The SMILES string of the molecule is CCOc1ccc(C(=O)Nc2ccc(Cl)cc2C(=O)c2ccccc2)cc1CN(C)S(=O)(=O)c1ccc(C)cc1. The second-order valence-electron chi connectivity index (χ2n) is 9.17. The molecule has 0 aliphatic carbocycles. The van der Waals surface area contributed by atoms with Gasteiger partial charge in [-0.05, 0) is 62.4 Å². The number of nitrogens with zero attached hydrogens (tertiary/aromatic N) is 1. The summed E-state index contributed by atoms with van der Waals surface area (Å²) in [4.78, 5) is 26.7. The third-order valence-electron chi connectivity index (χ3n) is 6.26. The molecule has 40 heavy (non-hydrogen) atoms. The zero-order chi connectivity index (χ0) is 28.9. The monoisotopic (exact) mass is 576 g/mol. The summed E-state index contributed by atoms with van der Waals surface area (Å²) in [6.45, 7) is 4.05. The van der Waals surface area contributed by atoms with E-state index >= 15 is 0 Å². The van der Waals surface area contributed by atoms with Gasteiger partial charge in [0.1, 0.15) is 5.75 Å². The van der Waals surface area contributed by atoms with Gasteiger partial charge in [-0.3, -0.25) is 9.59 Å². The van der Waals surface area contributed by atoms with E-state index in [4.69, 9.17) is 16.3 Å². The Bertz CT molecular complexity index is 1640. The molecule has 4 aromatic rings. The lowest BCUT2D eigenvalue weighted by atomic mass is 10.0. The normalized spacial score (nSPS) is 11.3. The molecule has 0 bridgehead atoms. The highest BCUT2D eigenvalue weighted by Crippen LogP contribution is 2.27. The highest BCUT2D eigenvalue weighted by atomic mass is 35.5. The highest BCUT2D eigenvalue weighted by molar-refractivity contribution is 7.89. The van der Waals surface area contributed by atoms with Gasteiger partial charge < -0.3 is 10.1 Å². The van der Waals surface area contributed by atoms with Crippen LogP contribution in [0.25, 0.3) is 0 Å². The van der Waals surface area contributed by atoms with Crippen LogP contribution in [-0.2, 0) is 16.6 Å². The molecule has 1 N–H and O–H groups in total. The van der Waals surface area contributed by atoms with Gasteiger partial charge in [-0.2, -0.15) is 4.31 Å². The molecule has 206 valence electrons. The Morgan fingerprint density at radius 2 is 1.60 bits per heavy atom. The van der Waals surface area contributed by atoms with E-state index in [9.17, 15) is 18.0 Å². The smallest absolute Gasteiger partial charge is 0.255 e. The molecular formula is C31H29ClN2O5S. The molecule has 0 aliphatic rings. The lowest BCUT2D eigenvalue weighted by molar-refractivity contribution is 0.102. The van der Waals surface area contributed by atoms with Gasteiger partial charge in [0.25, 0.3) is 5.91 Å². The summed E-state index contributed by atoms with van der Waals surface area (Å²) in [6, 6.07) is 24.8. The van der Waals surface area contributed by atoms with Crippen molar-refractivity contribution in [3.8, 4) is 5.75 Å². The number of amides is 1. The van der Waals surface area contributed by atoms with Crippen molar-refractivity contribution in [1.82, 2.24) is 4.31 Å². The number of aryl methyl sites for hydroxylation is 1. The molecule has 0 unspecified atom stereocenters. The van der Waals surface area contributed by atoms with Crippen LogP contribution in [0.4, 0.5) is 5.69 Å². The second kappa shape index (κ2) is 12.5. The van der Waals surface area contributed by atoms with E-state index in [1.54, 1.807) is 78.9 Å². The van der Waals surface area contributed by atoms with E-state index in [1.165, 1.54) is 17.4 Å². The van der Waals surface area contributed by atoms with E-state index in [0.29, 0.717) is 34.2 Å². The van der Waals surface area contributed by atoms with E-state index in [1.807, 2.05) is 19.9 Å². The minimum atomic E-state index is -3.79. The van der Waals surface area contributed by atoms with Crippen LogP contribution in [0.3, 0.4) is 0 Å². The van der Waals surface area contributed by atoms with Gasteiger partial charge >= 0.3 is 0 Å². The van der Waals surface area contributed by atoms with Gasteiger partial charge in [0.15, 0.2) is 5.78 Å². The standard InChI is InChI=1S/C31H29ClN2O5S/c1-4-39-29-17-12-23(18-24(29)20-34(3)40(37,38)26-14-10-21(2)11-15-26)31(36)33-28-16-13-25(32)19-27(28)30(35)22-8-6-5-7-9-22/h5-19H,4,20H2,1-3H3,(H,33,36). The van der Waals surface area contributed by atoms with Crippen molar-refractivity contribution in [2.24, 2.45) is 0 Å². The average molecular weight is 577 g/mol. The molecule has 0 atom stereocenters. The first-order valence-electron chi connectivity index (χ1n) is 12.6. The van der Waals surface area contributed by atoms with Crippen molar-refractivity contribution in [1.29, 1.82) is 0 Å². The first-order chi connectivity index (χ1) is 19.1. The lowest BCUT2D eigenvalue weighted by Gasteiger charge is -2.20. The van der Waals surface area contributed by atoms with Crippen LogP contribution in [0, 0.1) is 6.92 Å². The topological polar surface area (TPSA) is 92.8 Å². The molecule has 0 radical (unpaired) electrons. The molecule has 0 saturated heterocycles. The molecule has 0 aromatic heterocycles. The van der Waals surface area contributed by atoms with Crippen molar-refractivity contribution >= 4 is 39.0 Å². The molecular weight excluding hydrogens is 548 g/mol. The van der Waals surface area contributed by atoms with Crippen LogP contribution in [0.5, 0.6) is 5.75 Å². The summed E-state index contributed by atoms with van der Waals surface area (Å²) >= 11 is 6.17. The number of ether oxygens (including phenoxy) is 1. The summed E-state index contributed by atoms with van der Waals surface area (Å²) in [5.41, 5.74) is 2.76. The van der Waals surface area contributed by atoms with Crippen molar-refractivity contribution in [2.45, 2.75) is 25.3 Å². The van der Waals surface area contributed by atoms with E-state index < -0.39 is 15.9 Å². The lowest BCUT2D eigenvalue weighted by Crippen LogP contribution is -2.27. The second-order valence-corrected chi connectivity index (χ2v) is 11.7. The Hall–Kier alpha value is -3.98. The maximum atomic E-state index is 13.3. The summed E-state index contributed by atoms with van der Waals surface area (Å²) in [6.07, 6.45) is 0. The Kier molecular flexibility index (Phi) is 9.04. The quantitative estimate of drug-likeness (QED) is 0.222. The summed E-state index contributed by atoms with van der Waals surface area (Å²) in [5.74, 6) is -0.289. The van der Waals surface area contributed by atoms with Gasteiger partial charge in [-0.15, -0.1) is 0 Å². The number of carbonyl (C=O) groups excluding carboxylic acids is 2. The van der Waals surface area contributed by atoms with Crippen molar-refractivity contribution in [3.63, 3.8) is 0 Å². The predicted molar refractivity (Wildman–Crippen MR) is 157 cm³/mol. The Morgan fingerprint density at radius 3 is 2.27 bits per heavy atom. The molecule has 7 nitrogen and oxygen atoms in total. The number of hydrogen-bond donors (Lipinski definition) is 1. The minimum Gasteiger partial charge on any atom is -0.494 e. The minimum absolute atomic E-state index is 0.0225. The van der Waals surface area contributed by atoms with E-state index in [0.717, 1.165) is 5.56 Å². The first kappa shape index (κ1) is 29.0. The maximum absolute atomic E-state index is 13.3. The van der Waals surface area contributed by atoms with Gasteiger partial charge in [0.2, 0.25) is 10.0 Å². The molecule has 0 aliphatic heterocycles. The molecule has 0 saturated carbocycles. The fraction of sp³-hybridized carbons (Fsp3) is 0.161. The van der Waals surface area contributed by atoms with Crippen LogP contribution < -0.4 is 10.1 Å². The summed E-state index contributed by atoms with van der Waals surface area (Å²) < 4.78 is 33.3. The van der Waals surface area contributed by atoms with Crippen LogP contribution in [0.2, 0.25) is 5.02 Å². The Balaban J connectivity index is 1.62. The average Bonchev–Trinajstić information content (AvgIpc) is 2.95. The van der Waals surface area contributed by atoms with Gasteiger partial charge in [0, 0.05) is 40.9 Å². The number of halogens is 1. The molecule has 9 heteroatoms. The van der Waals surface area contributed by atoms with Crippen LogP contribution >= 0.6 is 11.6 Å². The zero-order valence-corrected chi connectivity index (χ0v) is 23.9. The van der Waals surface area contributed by atoms with Crippen LogP contribution in [0.15, 0.2) is 95.9 Å². The number of rotatable bonds is 10. The van der Waals surface area contributed by atoms with Crippen molar-refractivity contribution in [2.75, 3.05) is 19.0 Å². The number of benzene rings is 4. The largest absolute Gasteiger partial charge is 0.494 e. The fourth-order valence-electron chi connectivity index (χ4n) is 4.11.